The van der Waals surface area contributed by atoms with Gasteiger partial charge in [-0.3, -0.25) is 9.59 Å². The van der Waals surface area contributed by atoms with Crippen molar-refractivity contribution in [2.75, 3.05) is 26.3 Å². The molecule has 1 aliphatic heterocycles. The Bertz CT molecular complexity index is 957. The second-order valence-electron chi connectivity index (χ2n) is 6.81. The third-order valence-corrected chi connectivity index (χ3v) is 4.90. The molecule has 144 valence electrons. The van der Waals surface area contributed by atoms with Gasteiger partial charge in [0.1, 0.15) is 11.3 Å². The van der Waals surface area contributed by atoms with Crippen molar-refractivity contribution >= 4 is 17.5 Å². The highest BCUT2D eigenvalue weighted by molar-refractivity contribution is 5.94. The first kappa shape index (κ1) is 18.2. The summed E-state index contributed by atoms with van der Waals surface area (Å²) < 4.78 is 7.10. The number of hydrogen-bond acceptors (Lipinski definition) is 4. The summed E-state index contributed by atoms with van der Waals surface area (Å²) >= 11 is 0. The van der Waals surface area contributed by atoms with E-state index < -0.39 is 0 Å². The minimum Gasteiger partial charge on any atom is -0.378 e. The number of carbonyl (C=O) groups is 2. The van der Waals surface area contributed by atoms with Gasteiger partial charge in [0.2, 0.25) is 0 Å². The number of ether oxygens (including phenoxy) is 1. The first-order valence-corrected chi connectivity index (χ1v) is 9.33. The standard InChI is InChI=1S/C21H22N4O3/c1-15(22-20(26)18-14-25-9-3-2-4-19(25)23-18)16-5-7-17(8-6-16)21(27)24-10-12-28-13-11-24/h2-9,14-15H,10-13H2,1H3,(H,22,26)/t15-/m1/s1. The van der Waals surface area contributed by atoms with E-state index in [9.17, 15) is 9.59 Å². The fourth-order valence-electron chi connectivity index (χ4n) is 3.26. The zero-order chi connectivity index (χ0) is 19.5. The summed E-state index contributed by atoms with van der Waals surface area (Å²) in [6.07, 6.45) is 3.56. The van der Waals surface area contributed by atoms with Crippen LogP contribution in [0.1, 0.15) is 39.4 Å². The number of rotatable bonds is 4. The Hall–Kier alpha value is -3.19. The van der Waals surface area contributed by atoms with Crippen molar-refractivity contribution in [2.45, 2.75) is 13.0 Å². The van der Waals surface area contributed by atoms with E-state index in [1.165, 1.54) is 0 Å². The number of nitrogens with one attached hydrogen (secondary N) is 1. The molecule has 1 aromatic carbocycles. The molecule has 0 unspecified atom stereocenters. The molecule has 1 atom stereocenters. The number of nitrogens with zero attached hydrogens (tertiary/aromatic N) is 3. The number of pyridine rings is 1. The van der Waals surface area contributed by atoms with Crippen LogP contribution in [0, 0.1) is 0 Å². The van der Waals surface area contributed by atoms with E-state index in [1.54, 1.807) is 23.2 Å². The molecule has 0 radical (unpaired) electrons. The molecule has 2 aromatic heterocycles. The molecule has 7 heteroatoms. The van der Waals surface area contributed by atoms with E-state index in [4.69, 9.17) is 4.74 Å². The Balaban J connectivity index is 1.42. The zero-order valence-electron chi connectivity index (χ0n) is 15.7. The van der Waals surface area contributed by atoms with Gasteiger partial charge in [-0.05, 0) is 36.8 Å². The van der Waals surface area contributed by atoms with Gasteiger partial charge in [0.15, 0.2) is 0 Å². The largest absolute Gasteiger partial charge is 0.378 e. The van der Waals surface area contributed by atoms with E-state index in [0.717, 1.165) is 11.2 Å². The van der Waals surface area contributed by atoms with Crippen LogP contribution in [0.15, 0.2) is 54.9 Å². The molecule has 4 rings (SSSR count). The van der Waals surface area contributed by atoms with Gasteiger partial charge in [-0.15, -0.1) is 0 Å². The Labute approximate surface area is 162 Å². The number of morpholine rings is 1. The van der Waals surface area contributed by atoms with E-state index in [-0.39, 0.29) is 17.9 Å². The highest BCUT2D eigenvalue weighted by Crippen LogP contribution is 2.16. The highest BCUT2D eigenvalue weighted by Gasteiger charge is 2.19. The Kier molecular flexibility index (Phi) is 5.08. The topological polar surface area (TPSA) is 75.9 Å². The molecule has 0 bridgehead atoms. The molecular formula is C21H22N4O3. The third kappa shape index (κ3) is 3.75. The predicted molar refractivity (Wildman–Crippen MR) is 104 cm³/mol. The van der Waals surface area contributed by atoms with Crippen LogP contribution in [-0.4, -0.2) is 52.4 Å². The fraction of sp³-hybridized carbons (Fsp3) is 0.286. The maximum atomic E-state index is 12.5. The molecule has 0 saturated carbocycles. The zero-order valence-corrected chi connectivity index (χ0v) is 15.7. The smallest absolute Gasteiger partial charge is 0.271 e. The van der Waals surface area contributed by atoms with Crippen molar-refractivity contribution in [1.82, 2.24) is 19.6 Å². The van der Waals surface area contributed by atoms with Gasteiger partial charge in [-0.2, -0.15) is 0 Å². The molecule has 3 aromatic rings. The molecular weight excluding hydrogens is 356 g/mol. The van der Waals surface area contributed by atoms with Crippen molar-refractivity contribution in [2.24, 2.45) is 0 Å². The van der Waals surface area contributed by atoms with Gasteiger partial charge in [-0.1, -0.05) is 18.2 Å². The number of aromatic nitrogens is 2. The quantitative estimate of drug-likeness (QED) is 0.756. The number of hydrogen-bond donors (Lipinski definition) is 1. The molecule has 0 spiro atoms. The summed E-state index contributed by atoms with van der Waals surface area (Å²) in [4.78, 5) is 31.2. The van der Waals surface area contributed by atoms with Crippen LogP contribution in [-0.2, 0) is 4.74 Å². The molecule has 1 aliphatic rings. The summed E-state index contributed by atoms with van der Waals surface area (Å²) in [6, 6.07) is 12.8. The lowest BCUT2D eigenvalue weighted by atomic mass is 10.1. The third-order valence-electron chi connectivity index (χ3n) is 4.90. The summed E-state index contributed by atoms with van der Waals surface area (Å²) in [7, 11) is 0. The van der Waals surface area contributed by atoms with Gasteiger partial charge in [0, 0.05) is 31.0 Å². The van der Waals surface area contributed by atoms with Crippen molar-refractivity contribution in [3.8, 4) is 0 Å². The minimum atomic E-state index is -0.232. The Morgan fingerprint density at radius 2 is 1.86 bits per heavy atom. The molecule has 1 fully saturated rings. The molecule has 3 heterocycles. The SMILES string of the molecule is C[C@@H](NC(=O)c1cn2ccccc2n1)c1ccc(C(=O)N2CCOCC2)cc1. The Morgan fingerprint density at radius 1 is 1.11 bits per heavy atom. The molecule has 0 aliphatic carbocycles. The lowest BCUT2D eigenvalue weighted by Crippen LogP contribution is -2.40. The van der Waals surface area contributed by atoms with Crippen molar-refractivity contribution < 1.29 is 14.3 Å². The van der Waals surface area contributed by atoms with Gasteiger partial charge < -0.3 is 19.4 Å². The Morgan fingerprint density at radius 3 is 2.57 bits per heavy atom. The number of carbonyl (C=O) groups excluding carboxylic acids is 2. The molecule has 2 amide bonds. The van der Waals surface area contributed by atoms with E-state index in [2.05, 4.69) is 10.3 Å². The maximum Gasteiger partial charge on any atom is 0.271 e. The summed E-state index contributed by atoms with van der Waals surface area (Å²) in [5.41, 5.74) is 2.67. The normalized spacial score (nSPS) is 15.4. The van der Waals surface area contributed by atoms with E-state index >= 15 is 0 Å². The van der Waals surface area contributed by atoms with Gasteiger partial charge in [0.25, 0.3) is 11.8 Å². The van der Waals surface area contributed by atoms with Crippen LogP contribution in [0.5, 0.6) is 0 Å². The fourth-order valence-corrected chi connectivity index (χ4v) is 3.26. The molecule has 7 nitrogen and oxygen atoms in total. The van der Waals surface area contributed by atoms with Gasteiger partial charge in [0.05, 0.1) is 19.3 Å². The van der Waals surface area contributed by atoms with E-state index in [0.29, 0.717) is 37.6 Å². The number of imidazole rings is 1. The highest BCUT2D eigenvalue weighted by atomic mass is 16.5. The number of fused-ring (bicyclic) bond motifs is 1. The van der Waals surface area contributed by atoms with Crippen molar-refractivity contribution in [1.29, 1.82) is 0 Å². The first-order valence-electron chi connectivity index (χ1n) is 9.33. The molecule has 1 saturated heterocycles. The average Bonchev–Trinajstić information content (AvgIpc) is 3.18. The minimum absolute atomic E-state index is 0.0104. The lowest BCUT2D eigenvalue weighted by Gasteiger charge is -2.27. The van der Waals surface area contributed by atoms with E-state index in [1.807, 2.05) is 47.9 Å². The van der Waals surface area contributed by atoms with Crippen molar-refractivity contribution in [3.05, 3.63) is 71.7 Å². The average molecular weight is 378 g/mol. The van der Waals surface area contributed by atoms with Crippen LogP contribution < -0.4 is 5.32 Å². The van der Waals surface area contributed by atoms with Crippen LogP contribution in [0.4, 0.5) is 0 Å². The summed E-state index contributed by atoms with van der Waals surface area (Å²) in [5.74, 6) is -0.221. The first-order chi connectivity index (χ1) is 13.6. The van der Waals surface area contributed by atoms with Gasteiger partial charge >= 0.3 is 0 Å². The van der Waals surface area contributed by atoms with Gasteiger partial charge in [-0.25, -0.2) is 4.98 Å². The summed E-state index contributed by atoms with van der Waals surface area (Å²) in [6.45, 7) is 4.30. The molecule has 28 heavy (non-hydrogen) atoms. The van der Waals surface area contributed by atoms with Crippen LogP contribution in [0.3, 0.4) is 0 Å². The molecule has 1 N–H and O–H groups in total. The predicted octanol–water partition coefficient (Wildman–Crippen LogP) is 2.30. The van der Waals surface area contributed by atoms with Crippen LogP contribution in [0.2, 0.25) is 0 Å². The maximum absolute atomic E-state index is 12.5. The second kappa shape index (κ2) is 7.82. The monoisotopic (exact) mass is 378 g/mol. The van der Waals surface area contributed by atoms with Crippen LogP contribution >= 0.6 is 0 Å². The second-order valence-corrected chi connectivity index (χ2v) is 6.81. The van der Waals surface area contributed by atoms with Crippen LogP contribution in [0.25, 0.3) is 5.65 Å². The number of amides is 2. The van der Waals surface area contributed by atoms with Crippen molar-refractivity contribution in [3.63, 3.8) is 0 Å². The lowest BCUT2D eigenvalue weighted by molar-refractivity contribution is 0.0303. The summed E-state index contributed by atoms with van der Waals surface area (Å²) in [5, 5.41) is 2.96. The number of benzene rings is 1.